The number of likely N-dealkylation sites (N-methyl/N-ethyl adjacent to an activating group) is 1. The Hall–Kier alpha value is -0.620. The average Bonchev–Trinajstić information content (AvgIpc) is 2.54. The van der Waals surface area contributed by atoms with Gasteiger partial charge in [0, 0.05) is 16.5 Å². The summed E-state index contributed by atoms with van der Waals surface area (Å²) in [6.45, 7) is 3.97. The summed E-state index contributed by atoms with van der Waals surface area (Å²) in [5.74, 6) is 0.185. The lowest BCUT2D eigenvalue weighted by Gasteiger charge is -2.20. The molecule has 2 rings (SSSR count). The molecule has 1 aromatic rings. The van der Waals surface area contributed by atoms with Crippen molar-refractivity contribution in [3.05, 3.63) is 33.4 Å². The molecule has 1 fully saturated rings. The Balaban J connectivity index is 2.12. The number of carbonyl (C=O) groups is 1. The van der Waals surface area contributed by atoms with Crippen molar-refractivity contribution in [2.45, 2.75) is 6.42 Å². The molecule has 0 bridgehead atoms. The van der Waals surface area contributed by atoms with Gasteiger partial charge in [0.25, 0.3) is 5.91 Å². The zero-order valence-electron chi connectivity index (χ0n) is 10.1. The Labute approximate surface area is 116 Å². The maximum Gasteiger partial charge on any atom is 0.255 e. The van der Waals surface area contributed by atoms with Crippen molar-refractivity contribution in [3.8, 4) is 0 Å². The first-order valence-corrected chi connectivity index (χ1v) is 7.11. The Bertz CT molecular complexity index is 408. The van der Waals surface area contributed by atoms with Gasteiger partial charge in [-0.1, -0.05) is 12.1 Å². The average molecular weight is 345 g/mol. The number of halogens is 1. The van der Waals surface area contributed by atoms with E-state index < -0.39 is 0 Å². The lowest BCUT2D eigenvalue weighted by atomic mass is 10.2. The van der Waals surface area contributed by atoms with Crippen LogP contribution in [-0.4, -0.2) is 44.0 Å². The van der Waals surface area contributed by atoms with E-state index in [4.69, 9.17) is 0 Å². The fourth-order valence-electron chi connectivity index (χ4n) is 2.14. The van der Waals surface area contributed by atoms with Crippen molar-refractivity contribution in [2.24, 2.45) is 0 Å². The Morgan fingerprint density at radius 3 is 2.82 bits per heavy atom. The van der Waals surface area contributed by atoms with Gasteiger partial charge in [0.05, 0.1) is 32.2 Å². The summed E-state index contributed by atoms with van der Waals surface area (Å²) in [7, 11) is 2.19. The first-order valence-electron chi connectivity index (χ1n) is 6.03. The summed E-state index contributed by atoms with van der Waals surface area (Å²) >= 11 is 2.23. The van der Waals surface area contributed by atoms with Crippen LogP contribution in [0.5, 0.6) is 0 Å². The minimum absolute atomic E-state index is 0.185. The van der Waals surface area contributed by atoms with Crippen LogP contribution < -0.4 is 4.90 Å². The molecule has 0 radical (unpaired) electrons. The standard InChI is InChI=1S/C13H17IN2O/c1-15-7-4-8-16(10-9-15)13(17)11-5-2-3-6-12(11)14/h2-3,5-6H,4,7-10H2,1H3/p+1. The fraction of sp³-hybridized carbons (Fsp3) is 0.462. The van der Waals surface area contributed by atoms with Gasteiger partial charge >= 0.3 is 0 Å². The molecule has 1 aliphatic heterocycles. The third-order valence-corrected chi connectivity index (χ3v) is 4.17. The number of nitrogens with one attached hydrogen (secondary N) is 1. The van der Waals surface area contributed by atoms with Crippen LogP contribution in [0.3, 0.4) is 0 Å². The number of nitrogens with zero attached hydrogens (tertiary/aromatic N) is 1. The van der Waals surface area contributed by atoms with E-state index in [1.54, 1.807) is 0 Å². The maximum atomic E-state index is 12.4. The highest BCUT2D eigenvalue weighted by Gasteiger charge is 2.21. The van der Waals surface area contributed by atoms with Gasteiger partial charge in [0.2, 0.25) is 0 Å². The minimum Gasteiger partial charge on any atom is -0.336 e. The summed E-state index contributed by atoms with van der Waals surface area (Å²) in [5, 5.41) is 0. The van der Waals surface area contributed by atoms with Crippen LogP contribution in [0.15, 0.2) is 24.3 Å². The number of hydrogen-bond donors (Lipinski definition) is 1. The Morgan fingerprint density at radius 2 is 2.06 bits per heavy atom. The van der Waals surface area contributed by atoms with Crippen molar-refractivity contribution in [1.29, 1.82) is 0 Å². The van der Waals surface area contributed by atoms with Gasteiger partial charge in [-0.05, 0) is 34.7 Å². The molecular weight excluding hydrogens is 327 g/mol. The first kappa shape index (κ1) is 12.8. The molecule has 1 heterocycles. The van der Waals surface area contributed by atoms with Crippen LogP contribution in [0.4, 0.5) is 0 Å². The van der Waals surface area contributed by atoms with Gasteiger partial charge in [-0.15, -0.1) is 0 Å². The molecule has 0 spiro atoms. The Morgan fingerprint density at radius 1 is 1.29 bits per heavy atom. The predicted molar refractivity (Wildman–Crippen MR) is 76.3 cm³/mol. The molecule has 1 saturated heterocycles. The largest absolute Gasteiger partial charge is 0.336 e. The molecule has 0 saturated carbocycles. The van der Waals surface area contributed by atoms with E-state index in [-0.39, 0.29) is 5.91 Å². The number of rotatable bonds is 1. The zero-order valence-corrected chi connectivity index (χ0v) is 12.2. The van der Waals surface area contributed by atoms with Crippen molar-refractivity contribution in [2.75, 3.05) is 33.2 Å². The van der Waals surface area contributed by atoms with E-state index in [0.29, 0.717) is 0 Å². The molecule has 92 valence electrons. The molecular formula is C13H18IN2O+. The molecule has 1 aromatic carbocycles. The van der Waals surface area contributed by atoms with E-state index in [0.717, 1.165) is 41.7 Å². The SMILES string of the molecule is C[NH+]1CCCN(C(=O)c2ccccc2I)CC1. The second-order valence-electron chi connectivity index (χ2n) is 4.58. The number of carbonyl (C=O) groups excluding carboxylic acids is 1. The number of quaternary nitrogens is 1. The highest BCUT2D eigenvalue weighted by Crippen LogP contribution is 2.14. The molecule has 1 aliphatic rings. The van der Waals surface area contributed by atoms with Crippen molar-refractivity contribution in [1.82, 2.24) is 4.90 Å². The molecule has 1 amide bonds. The molecule has 0 aliphatic carbocycles. The van der Waals surface area contributed by atoms with Gasteiger partial charge in [-0.25, -0.2) is 0 Å². The van der Waals surface area contributed by atoms with Gasteiger partial charge in [0.1, 0.15) is 0 Å². The highest BCUT2D eigenvalue weighted by molar-refractivity contribution is 14.1. The number of hydrogen-bond acceptors (Lipinski definition) is 1. The summed E-state index contributed by atoms with van der Waals surface area (Å²) in [6.07, 6.45) is 1.10. The summed E-state index contributed by atoms with van der Waals surface area (Å²) in [6, 6.07) is 7.82. The maximum absolute atomic E-state index is 12.4. The van der Waals surface area contributed by atoms with Gasteiger partial charge in [-0.2, -0.15) is 0 Å². The minimum atomic E-state index is 0.185. The second-order valence-corrected chi connectivity index (χ2v) is 5.74. The van der Waals surface area contributed by atoms with Crippen LogP contribution >= 0.6 is 22.6 Å². The topological polar surface area (TPSA) is 24.8 Å². The smallest absolute Gasteiger partial charge is 0.255 e. The van der Waals surface area contributed by atoms with E-state index in [1.165, 1.54) is 4.90 Å². The third kappa shape index (κ3) is 3.19. The van der Waals surface area contributed by atoms with E-state index >= 15 is 0 Å². The van der Waals surface area contributed by atoms with Crippen molar-refractivity contribution >= 4 is 28.5 Å². The zero-order chi connectivity index (χ0) is 12.3. The lowest BCUT2D eigenvalue weighted by molar-refractivity contribution is -0.877. The monoisotopic (exact) mass is 345 g/mol. The Kier molecular flexibility index (Phi) is 4.39. The number of amides is 1. The molecule has 1 unspecified atom stereocenters. The normalized spacial score (nSPS) is 21.1. The third-order valence-electron chi connectivity index (χ3n) is 3.23. The highest BCUT2D eigenvalue weighted by atomic mass is 127. The van der Waals surface area contributed by atoms with Crippen molar-refractivity contribution < 1.29 is 9.69 Å². The quantitative estimate of drug-likeness (QED) is 0.743. The summed E-state index contributed by atoms with van der Waals surface area (Å²) in [4.78, 5) is 15.9. The number of benzene rings is 1. The summed E-state index contributed by atoms with van der Waals surface area (Å²) in [5.41, 5.74) is 0.840. The van der Waals surface area contributed by atoms with Crippen LogP contribution in [0, 0.1) is 3.57 Å². The van der Waals surface area contributed by atoms with Crippen LogP contribution in [0.1, 0.15) is 16.8 Å². The van der Waals surface area contributed by atoms with Crippen LogP contribution in [0.2, 0.25) is 0 Å². The molecule has 1 atom stereocenters. The molecule has 4 heteroatoms. The van der Waals surface area contributed by atoms with E-state index in [9.17, 15) is 4.79 Å². The fourth-order valence-corrected chi connectivity index (χ4v) is 2.76. The molecule has 1 N–H and O–H groups in total. The summed E-state index contributed by atoms with van der Waals surface area (Å²) < 4.78 is 1.04. The van der Waals surface area contributed by atoms with E-state index in [1.807, 2.05) is 29.2 Å². The van der Waals surface area contributed by atoms with E-state index in [2.05, 4.69) is 29.6 Å². The molecule has 3 nitrogen and oxygen atoms in total. The van der Waals surface area contributed by atoms with Crippen LogP contribution in [-0.2, 0) is 0 Å². The predicted octanol–water partition coefficient (Wildman–Crippen LogP) is 0.652. The molecule has 0 aromatic heterocycles. The second kappa shape index (κ2) is 5.82. The van der Waals surface area contributed by atoms with Crippen LogP contribution in [0.25, 0.3) is 0 Å². The lowest BCUT2D eigenvalue weighted by Crippen LogP contribution is -3.09. The molecule has 17 heavy (non-hydrogen) atoms. The van der Waals surface area contributed by atoms with Gasteiger partial charge < -0.3 is 9.80 Å². The van der Waals surface area contributed by atoms with Crippen molar-refractivity contribution in [3.63, 3.8) is 0 Å². The first-order chi connectivity index (χ1) is 8.18. The van der Waals surface area contributed by atoms with Gasteiger partial charge in [-0.3, -0.25) is 4.79 Å². The van der Waals surface area contributed by atoms with Gasteiger partial charge in [0.15, 0.2) is 0 Å².